The first-order valence-corrected chi connectivity index (χ1v) is 6.96. The molecule has 1 aromatic carbocycles. The van der Waals surface area contributed by atoms with Gasteiger partial charge in [0.2, 0.25) is 0 Å². The molecule has 0 bridgehead atoms. The van der Waals surface area contributed by atoms with E-state index in [-0.39, 0.29) is 5.78 Å². The highest BCUT2D eigenvalue weighted by Crippen LogP contribution is 2.32. The van der Waals surface area contributed by atoms with Crippen LogP contribution in [0, 0.1) is 0 Å². The Balaban J connectivity index is 2.12. The maximum Gasteiger partial charge on any atom is 0.152 e. The lowest BCUT2D eigenvalue weighted by molar-refractivity contribution is -0.112. The van der Waals surface area contributed by atoms with Crippen molar-refractivity contribution in [3.8, 4) is 0 Å². The van der Waals surface area contributed by atoms with Crippen molar-refractivity contribution >= 4 is 11.4 Å². The molecule has 0 spiro atoms. The van der Waals surface area contributed by atoms with Gasteiger partial charge in [0, 0.05) is 0 Å². The van der Waals surface area contributed by atoms with Crippen molar-refractivity contribution in [3.63, 3.8) is 0 Å². The smallest absolute Gasteiger partial charge is 0.152 e. The summed E-state index contributed by atoms with van der Waals surface area (Å²) in [6, 6.07) is 8.78. The predicted octanol–water partition coefficient (Wildman–Crippen LogP) is 4.73. The van der Waals surface area contributed by atoms with Gasteiger partial charge in [0.25, 0.3) is 0 Å². The third-order valence-electron chi connectivity index (χ3n) is 3.86. The lowest BCUT2D eigenvalue weighted by Gasteiger charge is -2.22. The van der Waals surface area contributed by atoms with Crippen LogP contribution in [0.4, 0.5) is 0 Å². The van der Waals surface area contributed by atoms with E-state index in [9.17, 15) is 4.79 Å². The lowest BCUT2D eigenvalue weighted by atomic mass is 9.84. The Kier molecular flexibility index (Phi) is 4.35. The summed E-state index contributed by atoms with van der Waals surface area (Å²) < 4.78 is 0. The molecule has 1 nitrogen and oxygen atoms in total. The first-order chi connectivity index (χ1) is 8.66. The third-order valence-corrected chi connectivity index (χ3v) is 3.86. The normalized spacial score (nSPS) is 17.8. The summed E-state index contributed by atoms with van der Waals surface area (Å²) in [6.07, 6.45) is 8.51. The van der Waals surface area contributed by atoms with E-state index in [1.165, 1.54) is 37.7 Å². The second kappa shape index (κ2) is 5.99. The van der Waals surface area contributed by atoms with Crippen molar-refractivity contribution in [3.05, 3.63) is 41.5 Å². The zero-order valence-electron chi connectivity index (χ0n) is 11.4. The molecule has 0 aromatic heterocycles. The summed E-state index contributed by atoms with van der Waals surface area (Å²) in [5.74, 6) is 0.869. The Morgan fingerprint density at radius 1 is 1.06 bits per heavy atom. The maximum atomic E-state index is 11.1. The van der Waals surface area contributed by atoms with E-state index < -0.39 is 0 Å². The van der Waals surface area contributed by atoms with Crippen molar-refractivity contribution in [2.45, 2.75) is 51.9 Å². The number of allylic oxidation sites excluding steroid dienone is 2. The number of hydrogen-bond donors (Lipinski definition) is 0. The average molecular weight is 242 g/mol. The Morgan fingerprint density at radius 2 is 1.67 bits per heavy atom. The molecule has 1 aromatic rings. The molecule has 18 heavy (non-hydrogen) atoms. The minimum Gasteiger partial charge on any atom is -0.295 e. The number of hydrogen-bond acceptors (Lipinski definition) is 1. The van der Waals surface area contributed by atoms with E-state index in [4.69, 9.17) is 0 Å². The fourth-order valence-electron chi connectivity index (χ4n) is 2.84. The van der Waals surface area contributed by atoms with Gasteiger partial charge in [0.15, 0.2) is 5.78 Å². The van der Waals surface area contributed by atoms with Crippen LogP contribution in [0.25, 0.3) is 5.57 Å². The van der Waals surface area contributed by atoms with Crippen LogP contribution in [0.1, 0.15) is 63.0 Å². The van der Waals surface area contributed by atoms with E-state index in [1.807, 2.05) is 6.92 Å². The molecular formula is C17H22O. The van der Waals surface area contributed by atoms with Gasteiger partial charge in [-0.05, 0) is 55.4 Å². The van der Waals surface area contributed by atoms with Gasteiger partial charge in [-0.1, -0.05) is 43.5 Å². The molecule has 1 heteroatoms. The van der Waals surface area contributed by atoms with Crippen molar-refractivity contribution in [1.29, 1.82) is 0 Å². The molecule has 0 saturated heterocycles. The van der Waals surface area contributed by atoms with E-state index >= 15 is 0 Å². The summed E-state index contributed by atoms with van der Waals surface area (Å²) in [4.78, 5) is 11.1. The van der Waals surface area contributed by atoms with Gasteiger partial charge in [-0.25, -0.2) is 0 Å². The van der Waals surface area contributed by atoms with Crippen molar-refractivity contribution < 1.29 is 4.79 Å². The van der Waals surface area contributed by atoms with E-state index in [2.05, 4.69) is 24.3 Å². The summed E-state index contributed by atoms with van der Waals surface area (Å²) in [5.41, 5.74) is 3.68. The molecule has 0 radical (unpaired) electrons. The molecule has 0 amide bonds. The molecule has 2 rings (SSSR count). The van der Waals surface area contributed by atoms with Crippen molar-refractivity contribution in [1.82, 2.24) is 0 Å². The topological polar surface area (TPSA) is 17.1 Å². The minimum absolute atomic E-state index is 0.115. The van der Waals surface area contributed by atoms with Crippen LogP contribution in [0.5, 0.6) is 0 Å². The zero-order valence-corrected chi connectivity index (χ0v) is 11.4. The van der Waals surface area contributed by atoms with Crippen LogP contribution < -0.4 is 0 Å². The summed E-state index contributed by atoms with van der Waals surface area (Å²) in [6.45, 7) is 3.59. The average Bonchev–Trinajstić information content (AvgIpc) is 2.39. The van der Waals surface area contributed by atoms with Crippen LogP contribution in [0.3, 0.4) is 0 Å². The number of ketones is 1. The Bertz CT molecular complexity index is 433. The van der Waals surface area contributed by atoms with Crippen LogP contribution in [0.2, 0.25) is 0 Å². The largest absolute Gasteiger partial charge is 0.295 e. The molecule has 0 unspecified atom stereocenters. The van der Waals surface area contributed by atoms with Gasteiger partial charge in [-0.15, -0.1) is 0 Å². The highest BCUT2D eigenvalue weighted by molar-refractivity contribution is 5.94. The molecule has 1 saturated carbocycles. The summed E-state index contributed by atoms with van der Waals surface area (Å²) in [5, 5.41) is 0. The second-order valence-corrected chi connectivity index (χ2v) is 5.39. The van der Waals surface area contributed by atoms with Gasteiger partial charge >= 0.3 is 0 Å². The van der Waals surface area contributed by atoms with Crippen molar-refractivity contribution in [2.75, 3.05) is 0 Å². The molecular weight excluding hydrogens is 220 g/mol. The SMILES string of the molecule is CC(=O)C=C(C)c1ccc(C2CCCCC2)cc1. The molecule has 0 atom stereocenters. The Morgan fingerprint density at radius 3 is 2.22 bits per heavy atom. The van der Waals surface area contributed by atoms with Crippen LogP contribution in [-0.2, 0) is 4.79 Å². The standard InChI is InChI=1S/C17H22O/c1-13(12-14(2)18)15-8-10-17(11-9-15)16-6-4-3-5-7-16/h8-12,16H,3-7H2,1-2H3. The molecule has 1 fully saturated rings. The quantitative estimate of drug-likeness (QED) is 0.700. The second-order valence-electron chi connectivity index (χ2n) is 5.39. The predicted molar refractivity (Wildman–Crippen MR) is 76.6 cm³/mol. The fraction of sp³-hybridized carbons (Fsp3) is 0.471. The Hall–Kier alpha value is -1.37. The highest BCUT2D eigenvalue weighted by Gasteiger charge is 2.15. The molecule has 96 valence electrons. The first-order valence-electron chi connectivity index (χ1n) is 6.96. The van der Waals surface area contributed by atoms with Crippen LogP contribution in [0.15, 0.2) is 30.3 Å². The van der Waals surface area contributed by atoms with E-state index in [0.717, 1.165) is 17.1 Å². The first kappa shape index (κ1) is 13.1. The van der Waals surface area contributed by atoms with Crippen LogP contribution >= 0.6 is 0 Å². The third kappa shape index (κ3) is 3.32. The van der Waals surface area contributed by atoms with Crippen molar-refractivity contribution in [2.24, 2.45) is 0 Å². The minimum atomic E-state index is 0.115. The number of rotatable bonds is 3. The lowest BCUT2D eigenvalue weighted by Crippen LogP contribution is -2.04. The number of carbonyl (C=O) groups is 1. The summed E-state index contributed by atoms with van der Waals surface area (Å²) >= 11 is 0. The fourth-order valence-corrected chi connectivity index (χ4v) is 2.84. The molecule has 1 aliphatic rings. The molecule has 0 aliphatic heterocycles. The number of carbonyl (C=O) groups excluding carboxylic acids is 1. The van der Waals surface area contributed by atoms with E-state index in [1.54, 1.807) is 13.0 Å². The van der Waals surface area contributed by atoms with Gasteiger partial charge in [0.1, 0.15) is 0 Å². The number of benzene rings is 1. The van der Waals surface area contributed by atoms with Gasteiger partial charge < -0.3 is 0 Å². The van der Waals surface area contributed by atoms with Gasteiger partial charge in [-0.3, -0.25) is 4.79 Å². The molecule has 1 aliphatic carbocycles. The van der Waals surface area contributed by atoms with E-state index in [0.29, 0.717) is 0 Å². The Labute approximate surface area is 110 Å². The highest BCUT2D eigenvalue weighted by atomic mass is 16.1. The summed E-state index contributed by atoms with van der Waals surface area (Å²) in [7, 11) is 0. The zero-order chi connectivity index (χ0) is 13.0. The molecule has 0 heterocycles. The van der Waals surface area contributed by atoms with Crippen LogP contribution in [-0.4, -0.2) is 5.78 Å². The van der Waals surface area contributed by atoms with Gasteiger partial charge in [0.05, 0.1) is 0 Å². The molecule has 0 N–H and O–H groups in total. The maximum absolute atomic E-state index is 11.1. The van der Waals surface area contributed by atoms with Gasteiger partial charge in [-0.2, -0.15) is 0 Å². The monoisotopic (exact) mass is 242 g/mol.